The Morgan fingerprint density at radius 2 is 1.90 bits per heavy atom. The first-order valence-corrected chi connectivity index (χ1v) is 9.12. The lowest BCUT2D eigenvalue weighted by Gasteiger charge is -2.20. The largest absolute Gasteiger partial charge is 0.357 e. The van der Waals surface area contributed by atoms with E-state index in [0.29, 0.717) is 26.1 Å². The summed E-state index contributed by atoms with van der Waals surface area (Å²) in [6, 6.07) is 2.86. The highest BCUT2D eigenvalue weighted by Gasteiger charge is 2.26. The first-order chi connectivity index (χ1) is 13.9. The van der Waals surface area contributed by atoms with Crippen molar-refractivity contribution < 1.29 is 22.0 Å². The van der Waals surface area contributed by atoms with Gasteiger partial charge < -0.3 is 15.5 Å². The van der Waals surface area contributed by atoms with Gasteiger partial charge >= 0.3 is 0 Å². The van der Waals surface area contributed by atoms with Crippen molar-refractivity contribution in [3.63, 3.8) is 0 Å². The lowest BCUT2D eigenvalue weighted by atomic mass is 10.2. The van der Waals surface area contributed by atoms with Crippen molar-refractivity contribution in [1.82, 2.24) is 15.6 Å². The monoisotopic (exact) mass is 413 g/mol. The van der Waals surface area contributed by atoms with Crippen LogP contribution in [0.3, 0.4) is 0 Å². The van der Waals surface area contributed by atoms with Gasteiger partial charge in [-0.05, 0) is 25.5 Å². The zero-order valence-corrected chi connectivity index (χ0v) is 15.7. The Bertz CT molecular complexity index is 879. The molecule has 2 N–H and O–H groups in total. The van der Waals surface area contributed by atoms with E-state index in [4.69, 9.17) is 0 Å². The summed E-state index contributed by atoms with van der Waals surface area (Å²) in [5.41, 5.74) is -0.789. The standard InChI is InChI=1S/C19H20F5N5/c1-2-25-19(27-9-12-16(23)14(21)8-15(22)17(12)24)28-11-5-7-29(10-11)18-13(20)4-3-6-26-18/h3-4,6,8,11H,2,5,7,9-10H2,1H3,(H2,25,27,28). The molecule has 0 amide bonds. The third kappa shape index (κ3) is 4.75. The first-order valence-electron chi connectivity index (χ1n) is 9.12. The second-order valence-electron chi connectivity index (χ2n) is 6.53. The maximum atomic E-state index is 13.9. The fourth-order valence-electron chi connectivity index (χ4n) is 3.11. The summed E-state index contributed by atoms with van der Waals surface area (Å²) in [6.45, 7) is 2.66. The van der Waals surface area contributed by atoms with Crippen LogP contribution >= 0.6 is 0 Å². The Labute approximate surface area is 164 Å². The van der Waals surface area contributed by atoms with Gasteiger partial charge in [0.05, 0.1) is 12.1 Å². The van der Waals surface area contributed by atoms with E-state index in [-0.39, 0.29) is 23.9 Å². The highest BCUT2D eigenvalue weighted by molar-refractivity contribution is 5.80. The molecular formula is C19H20F5N5. The maximum Gasteiger partial charge on any atom is 0.191 e. The Morgan fingerprint density at radius 1 is 1.17 bits per heavy atom. The molecule has 1 aliphatic rings. The zero-order chi connectivity index (χ0) is 21.0. The van der Waals surface area contributed by atoms with Crippen LogP contribution < -0.4 is 15.5 Å². The summed E-state index contributed by atoms with van der Waals surface area (Å²) in [5, 5.41) is 6.00. The number of hydrogen-bond donors (Lipinski definition) is 2. The normalized spacial score (nSPS) is 17.0. The minimum Gasteiger partial charge on any atom is -0.357 e. The fourth-order valence-corrected chi connectivity index (χ4v) is 3.11. The molecule has 0 spiro atoms. The summed E-state index contributed by atoms with van der Waals surface area (Å²) in [5.74, 6) is -5.84. The molecule has 2 aromatic rings. The number of benzene rings is 1. The third-order valence-electron chi connectivity index (χ3n) is 4.51. The summed E-state index contributed by atoms with van der Waals surface area (Å²) in [4.78, 5) is 9.86. The van der Waals surface area contributed by atoms with Crippen LogP contribution in [-0.2, 0) is 6.54 Å². The molecule has 10 heteroatoms. The smallest absolute Gasteiger partial charge is 0.191 e. The molecule has 1 aromatic heterocycles. The summed E-state index contributed by atoms with van der Waals surface area (Å²) in [6.07, 6.45) is 2.16. The topological polar surface area (TPSA) is 52.6 Å². The molecule has 29 heavy (non-hydrogen) atoms. The Hall–Kier alpha value is -2.91. The molecule has 1 aromatic carbocycles. The zero-order valence-electron chi connectivity index (χ0n) is 15.7. The van der Waals surface area contributed by atoms with Crippen LogP contribution in [0.25, 0.3) is 0 Å². The summed E-state index contributed by atoms with van der Waals surface area (Å²) in [7, 11) is 0. The van der Waals surface area contributed by atoms with Gasteiger partial charge in [0.2, 0.25) is 0 Å². The number of halogens is 5. The van der Waals surface area contributed by atoms with E-state index in [1.165, 1.54) is 18.3 Å². The number of aliphatic imine (C=N–C) groups is 1. The van der Waals surface area contributed by atoms with E-state index in [0.717, 1.165) is 0 Å². The number of nitrogens with one attached hydrogen (secondary N) is 2. The van der Waals surface area contributed by atoms with E-state index >= 15 is 0 Å². The average Bonchev–Trinajstić information content (AvgIpc) is 3.15. The molecule has 1 unspecified atom stereocenters. The Kier molecular flexibility index (Phi) is 6.50. The van der Waals surface area contributed by atoms with Crippen LogP contribution in [0, 0.1) is 29.1 Å². The van der Waals surface area contributed by atoms with Crippen LogP contribution in [0.2, 0.25) is 0 Å². The van der Waals surface area contributed by atoms with Crippen molar-refractivity contribution in [3.05, 3.63) is 59.0 Å². The highest BCUT2D eigenvalue weighted by atomic mass is 19.2. The molecule has 1 atom stereocenters. The van der Waals surface area contributed by atoms with Gasteiger partial charge in [-0.15, -0.1) is 0 Å². The minimum absolute atomic E-state index is 0.131. The van der Waals surface area contributed by atoms with E-state index in [9.17, 15) is 22.0 Å². The van der Waals surface area contributed by atoms with Crippen LogP contribution in [0.15, 0.2) is 29.4 Å². The predicted molar refractivity (Wildman–Crippen MR) is 99.0 cm³/mol. The molecule has 0 saturated carbocycles. The molecule has 1 saturated heterocycles. The molecule has 0 aliphatic carbocycles. The SMILES string of the molecule is CCNC(=NCc1c(F)c(F)cc(F)c1F)NC1CCN(c2ncccc2F)C1. The predicted octanol–water partition coefficient (Wildman–Crippen LogP) is 3.11. The minimum atomic E-state index is -1.48. The number of rotatable bonds is 5. The molecular weight excluding hydrogens is 393 g/mol. The van der Waals surface area contributed by atoms with E-state index in [1.54, 1.807) is 11.8 Å². The first kappa shape index (κ1) is 20.8. The Morgan fingerprint density at radius 3 is 2.55 bits per heavy atom. The van der Waals surface area contributed by atoms with Gasteiger partial charge in [-0.1, -0.05) is 0 Å². The number of guanidine groups is 1. The van der Waals surface area contributed by atoms with Crippen LogP contribution in [0.1, 0.15) is 18.9 Å². The lowest BCUT2D eigenvalue weighted by Crippen LogP contribution is -2.44. The Balaban J connectivity index is 1.71. The van der Waals surface area contributed by atoms with Crippen molar-refractivity contribution in [3.8, 4) is 0 Å². The van der Waals surface area contributed by atoms with Crippen molar-refractivity contribution >= 4 is 11.8 Å². The van der Waals surface area contributed by atoms with Gasteiger partial charge in [-0.2, -0.15) is 0 Å². The van der Waals surface area contributed by atoms with Gasteiger partial charge in [0.1, 0.15) is 0 Å². The number of anilines is 1. The van der Waals surface area contributed by atoms with Crippen LogP contribution in [0.5, 0.6) is 0 Å². The van der Waals surface area contributed by atoms with Crippen molar-refractivity contribution in [1.29, 1.82) is 0 Å². The molecule has 3 rings (SSSR count). The summed E-state index contributed by atoms with van der Waals surface area (Å²) >= 11 is 0. The molecule has 0 bridgehead atoms. The van der Waals surface area contributed by atoms with Gasteiger partial charge in [0.25, 0.3) is 0 Å². The highest BCUT2D eigenvalue weighted by Crippen LogP contribution is 2.22. The number of pyridine rings is 1. The van der Waals surface area contributed by atoms with Crippen LogP contribution in [-0.4, -0.2) is 36.6 Å². The second kappa shape index (κ2) is 9.06. The van der Waals surface area contributed by atoms with E-state index in [2.05, 4.69) is 20.6 Å². The van der Waals surface area contributed by atoms with Crippen molar-refractivity contribution in [2.24, 2.45) is 4.99 Å². The molecule has 2 heterocycles. The maximum absolute atomic E-state index is 13.9. The molecule has 156 valence electrons. The molecule has 1 aliphatic heterocycles. The van der Waals surface area contributed by atoms with Crippen LogP contribution in [0.4, 0.5) is 27.8 Å². The van der Waals surface area contributed by atoms with E-state index < -0.39 is 41.2 Å². The number of nitrogens with zero attached hydrogens (tertiary/aromatic N) is 3. The molecule has 0 radical (unpaired) electrons. The number of aromatic nitrogens is 1. The molecule has 1 fully saturated rings. The van der Waals surface area contributed by atoms with E-state index in [1.807, 2.05) is 0 Å². The third-order valence-corrected chi connectivity index (χ3v) is 4.51. The van der Waals surface area contributed by atoms with Crippen molar-refractivity contribution in [2.75, 3.05) is 24.5 Å². The average molecular weight is 413 g/mol. The lowest BCUT2D eigenvalue weighted by molar-refractivity contribution is 0.439. The van der Waals surface area contributed by atoms with Gasteiger partial charge in [-0.25, -0.2) is 31.9 Å². The van der Waals surface area contributed by atoms with Gasteiger partial charge in [0.15, 0.2) is 40.9 Å². The van der Waals surface area contributed by atoms with Gasteiger partial charge in [-0.3, -0.25) is 0 Å². The summed E-state index contributed by atoms with van der Waals surface area (Å²) < 4.78 is 68.3. The second-order valence-corrected chi connectivity index (χ2v) is 6.53. The van der Waals surface area contributed by atoms with Gasteiger partial charge in [0, 0.05) is 37.9 Å². The number of hydrogen-bond acceptors (Lipinski definition) is 3. The fraction of sp³-hybridized carbons (Fsp3) is 0.368. The van der Waals surface area contributed by atoms with Crippen molar-refractivity contribution in [2.45, 2.75) is 25.9 Å². The quantitative estimate of drug-likeness (QED) is 0.342. The molecule has 5 nitrogen and oxygen atoms in total.